The molecule has 2 amide bonds. The number of nitrogens with zero attached hydrogens (tertiary/aromatic N) is 2. The van der Waals surface area contributed by atoms with Gasteiger partial charge in [0.25, 0.3) is 10.0 Å². The number of nitrogens with one attached hydrogen (secondary N) is 1. The lowest BCUT2D eigenvalue weighted by atomic mass is 9.94. The van der Waals surface area contributed by atoms with E-state index in [0.717, 1.165) is 52.0 Å². The van der Waals surface area contributed by atoms with Crippen LogP contribution in [0.5, 0.6) is 0 Å². The van der Waals surface area contributed by atoms with Crippen LogP contribution in [0.2, 0.25) is 5.02 Å². The highest BCUT2D eigenvalue weighted by molar-refractivity contribution is 9.10. The van der Waals surface area contributed by atoms with Gasteiger partial charge in [0.15, 0.2) is 0 Å². The van der Waals surface area contributed by atoms with Crippen molar-refractivity contribution < 1.29 is 18.0 Å². The predicted molar refractivity (Wildman–Crippen MR) is 191 cm³/mol. The smallest absolute Gasteiger partial charge is 0.264 e. The number of benzene rings is 4. The summed E-state index contributed by atoms with van der Waals surface area (Å²) in [6.07, 6.45) is 5.27. The molecule has 4 aromatic carbocycles. The Bertz CT molecular complexity index is 1780. The highest BCUT2D eigenvalue weighted by Crippen LogP contribution is 2.30. The molecule has 0 spiro atoms. The first-order valence-corrected chi connectivity index (χ1v) is 18.4. The topological polar surface area (TPSA) is 86.8 Å². The molecule has 1 unspecified atom stereocenters. The molecule has 0 heterocycles. The van der Waals surface area contributed by atoms with Crippen LogP contribution in [0.1, 0.15) is 48.8 Å². The van der Waals surface area contributed by atoms with Crippen LogP contribution in [0.15, 0.2) is 112 Å². The highest BCUT2D eigenvalue weighted by Gasteiger charge is 2.36. The zero-order chi connectivity index (χ0) is 33.4. The third kappa shape index (κ3) is 9.03. The van der Waals surface area contributed by atoms with E-state index in [1.807, 2.05) is 54.6 Å². The number of carbonyl (C=O) groups is 2. The second kappa shape index (κ2) is 16.0. The summed E-state index contributed by atoms with van der Waals surface area (Å²) in [4.78, 5) is 30.5. The summed E-state index contributed by atoms with van der Waals surface area (Å²) >= 11 is 9.91. The van der Waals surface area contributed by atoms with E-state index in [2.05, 4.69) is 21.2 Å². The Hall–Kier alpha value is -3.66. The predicted octanol–water partition coefficient (Wildman–Crippen LogP) is 7.70. The third-order valence-corrected chi connectivity index (χ3v) is 11.0. The minimum absolute atomic E-state index is 0.0291. The van der Waals surface area contributed by atoms with Crippen LogP contribution in [-0.4, -0.2) is 43.8 Å². The van der Waals surface area contributed by atoms with Gasteiger partial charge >= 0.3 is 0 Å². The van der Waals surface area contributed by atoms with Crippen molar-refractivity contribution in [2.75, 3.05) is 10.8 Å². The van der Waals surface area contributed by atoms with Gasteiger partial charge in [-0.2, -0.15) is 0 Å². The summed E-state index contributed by atoms with van der Waals surface area (Å²) in [6.45, 7) is 1.34. The largest absolute Gasteiger partial charge is 0.352 e. The van der Waals surface area contributed by atoms with E-state index in [9.17, 15) is 18.0 Å². The molecular formula is C37H39BrClN3O4S. The van der Waals surface area contributed by atoms with E-state index < -0.39 is 28.5 Å². The molecule has 1 aliphatic carbocycles. The Balaban J connectivity index is 1.58. The van der Waals surface area contributed by atoms with Crippen LogP contribution in [0.25, 0.3) is 0 Å². The van der Waals surface area contributed by atoms with Gasteiger partial charge in [0, 0.05) is 28.5 Å². The van der Waals surface area contributed by atoms with Crippen molar-refractivity contribution in [2.45, 2.75) is 69.0 Å². The summed E-state index contributed by atoms with van der Waals surface area (Å²) in [7, 11) is -4.21. The number of hydrogen-bond donors (Lipinski definition) is 1. The molecule has 1 saturated carbocycles. The highest BCUT2D eigenvalue weighted by atomic mass is 79.9. The lowest BCUT2D eigenvalue weighted by Gasteiger charge is -2.35. The number of anilines is 1. The quantitative estimate of drug-likeness (QED) is 0.162. The molecule has 0 saturated heterocycles. The molecule has 0 radical (unpaired) electrons. The number of hydrogen-bond acceptors (Lipinski definition) is 4. The second-order valence-corrected chi connectivity index (χ2v) is 15.2. The number of amides is 2. The lowest BCUT2D eigenvalue weighted by Crippen LogP contribution is -2.55. The van der Waals surface area contributed by atoms with Gasteiger partial charge in [-0.15, -0.1) is 0 Å². The van der Waals surface area contributed by atoms with Crippen molar-refractivity contribution in [1.82, 2.24) is 10.2 Å². The molecule has 1 atom stereocenters. The fraction of sp³-hybridized carbons (Fsp3) is 0.297. The maximum atomic E-state index is 14.7. The maximum Gasteiger partial charge on any atom is 0.264 e. The fourth-order valence-electron chi connectivity index (χ4n) is 6.01. The van der Waals surface area contributed by atoms with E-state index in [1.54, 1.807) is 43.3 Å². The Morgan fingerprint density at radius 1 is 0.872 bits per heavy atom. The Labute approximate surface area is 291 Å². The van der Waals surface area contributed by atoms with Crippen LogP contribution >= 0.6 is 27.5 Å². The summed E-state index contributed by atoms with van der Waals surface area (Å²) in [5.74, 6) is -0.760. The fourth-order valence-corrected chi connectivity index (χ4v) is 8.12. The van der Waals surface area contributed by atoms with Crippen LogP contribution in [-0.2, 0) is 32.6 Å². The molecule has 5 rings (SSSR count). The van der Waals surface area contributed by atoms with Gasteiger partial charge in [0.05, 0.1) is 10.6 Å². The van der Waals surface area contributed by atoms with Gasteiger partial charge in [-0.05, 0) is 72.9 Å². The SMILES string of the molecule is Cc1ccc(Cl)cc1N(CC(=O)N(Cc1cccc(Br)c1)C(Cc1ccccc1)C(=O)NC1CCCCC1)S(=O)(=O)c1ccccc1. The normalized spacial score (nSPS) is 14.3. The Kier molecular flexibility index (Phi) is 11.8. The average molecular weight is 737 g/mol. The second-order valence-electron chi connectivity index (χ2n) is 12.0. The van der Waals surface area contributed by atoms with E-state index in [0.29, 0.717) is 16.3 Å². The van der Waals surface area contributed by atoms with Gasteiger partial charge in [0.2, 0.25) is 11.8 Å². The van der Waals surface area contributed by atoms with Crippen LogP contribution < -0.4 is 9.62 Å². The Morgan fingerprint density at radius 3 is 2.21 bits per heavy atom. The molecule has 47 heavy (non-hydrogen) atoms. The molecule has 0 aliphatic heterocycles. The molecule has 1 N–H and O–H groups in total. The van der Waals surface area contributed by atoms with Crippen molar-refractivity contribution in [3.8, 4) is 0 Å². The molecule has 1 fully saturated rings. The number of aryl methyl sites for hydroxylation is 1. The van der Waals surface area contributed by atoms with Crippen LogP contribution in [0.3, 0.4) is 0 Å². The molecule has 7 nitrogen and oxygen atoms in total. The van der Waals surface area contributed by atoms with Crippen molar-refractivity contribution in [3.05, 3.63) is 129 Å². The molecule has 0 bridgehead atoms. The zero-order valence-corrected chi connectivity index (χ0v) is 29.5. The molecule has 246 valence electrons. The van der Waals surface area contributed by atoms with Gasteiger partial charge in [0.1, 0.15) is 12.6 Å². The number of sulfonamides is 1. The van der Waals surface area contributed by atoms with Crippen molar-refractivity contribution in [1.29, 1.82) is 0 Å². The number of rotatable bonds is 12. The van der Waals surface area contributed by atoms with E-state index in [1.165, 1.54) is 17.0 Å². The first kappa shape index (κ1) is 34.7. The van der Waals surface area contributed by atoms with Gasteiger partial charge in [-0.3, -0.25) is 13.9 Å². The molecular weight excluding hydrogens is 698 g/mol. The van der Waals surface area contributed by atoms with Crippen LogP contribution in [0.4, 0.5) is 5.69 Å². The first-order chi connectivity index (χ1) is 22.6. The molecule has 10 heteroatoms. The van der Waals surface area contributed by atoms with E-state index in [-0.39, 0.29) is 29.8 Å². The number of halogens is 2. The summed E-state index contributed by atoms with van der Waals surface area (Å²) in [5, 5.41) is 3.58. The summed E-state index contributed by atoms with van der Waals surface area (Å²) in [5.41, 5.74) is 2.62. The lowest BCUT2D eigenvalue weighted by molar-refractivity contribution is -0.140. The summed E-state index contributed by atoms with van der Waals surface area (Å²) < 4.78 is 30.4. The van der Waals surface area contributed by atoms with Crippen molar-refractivity contribution in [3.63, 3.8) is 0 Å². The van der Waals surface area contributed by atoms with Gasteiger partial charge in [-0.1, -0.05) is 114 Å². The summed E-state index contributed by atoms with van der Waals surface area (Å²) in [6, 6.07) is 29.3. The van der Waals surface area contributed by atoms with Crippen LogP contribution in [0, 0.1) is 6.92 Å². The molecule has 0 aromatic heterocycles. The minimum Gasteiger partial charge on any atom is -0.352 e. The van der Waals surface area contributed by atoms with E-state index in [4.69, 9.17) is 11.6 Å². The van der Waals surface area contributed by atoms with Gasteiger partial charge < -0.3 is 10.2 Å². The first-order valence-electron chi connectivity index (χ1n) is 15.8. The third-order valence-electron chi connectivity index (χ3n) is 8.51. The molecule has 4 aromatic rings. The number of carbonyl (C=O) groups excluding carboxylic acids is 2. The monoisotopic (exact) mass is 735 g/mol. The molecule has 1 aliphatic rings. The maximum absolute atomic E-state index is 14.7. The van der Waals surface area contributed by atoms with Crippen molar-refractivity contribution in [2.24, 2.45) is 0 Å². The van der Waals surface area contributed by atoms with Crippen molar-refractivity contribution >= 4 is 55.1 Å². The zero-order valence-electron chi connectivity index (χ0n) is 26.3. The van der Waals surface area contributed by atoms with Gasteiger partial charge in [-0.25, -0.2) is 8.42 Å². The standard InChI is InChI=1S/C37H39BrClN3O4S/c1-27-20-21-31(39)24-34(27)42(47(45,46)33-18-9-4-10-19-33)26-36(43)41(25-29-14-11-15-30(38)22-29)35(23-28-12-5-2-6-13-28)37(44)40-32-16-7-3-8-17-32/h2,4-6,9-15,18-22,24,32,35H,3,7-8,16-17,23,25-26H2,1H3,(H,40,44). The minimum atomic E-state index is -4.21. The Morgan fingerprint density at radius 2 is 1.53 bits per heavy atom. The van der Waals surface area contributed by atoms with E-state index >= 15 is 0 Å². The average Bonchev–Trinajstić information content (AvgIpc) is 3.07.